The molecule has 0 amide bonds. The number of hydrogen-bond donors (Lipinski definition) is 1. The van der Waals surface area contributed by atoms with E-state index in [4.69, 9.17) is 11.6 Å². The average molecular weight is 377 g/mol. The molecule has 0 radical (unpaired) electrons. The van der Waals surface area contributed by atoms with Crippen molar-refractivity contribution in [3.63, 3.8) is 0 Å². The van der Waals surface area contributed by atoms with Crippen molar-refractivity contribution in [3.8, 4) is 0 Å². The molecule has 0 aliphatic rings. The lowest BCUT2D eigenvalue weighted by Crippen LogP contribution is -2.01. The van der Waals surface area contributed by atoms with Crippen LogP contribution in [0.1, 0.15) is 0 Å². The van der Waals surface area contributed by atoms with Gasteiger partial charge in [0.15, 0.2) is 0 Å². The lowest BCUT2D eigenvalue weighted by molar-refractivity contribution is -0.384. The number of halogens is 2. The first-order chi connectivity index (χ1) is 8.56. The summed E-state index contributed by atoms with van der Waals surface area (Å²) in [6, 6.07) is 7.33. The van der Waals surface area contributed by atoms with E-state index < -0.39 is 4.92 Å². The molecular weight excluding hydrogens is 370 g/mol. The minimum absolute atomic E-state index is 0.0476. The Labute approximate surface area is 121 Å². The van der Waals surface area contributed by atoms with Crippen molar-refractivity contribution in [2.45, 2.75) is 0 Å². The number of hydrogen-bond acceptors (Lipinski definition) is 5. The molecule has 0 saturated heterocycles. The van der Waals surface area contributed by atoms with Crippen LogP contribution in [-0.4, -0.2) is 14.9 Å². The Kier molecular flexibility index (Phi) is 3.92. The Morgan fingerprint density at radius 3 is 2.61 bits per heavy atom. The van der Waals surface area contributed by atoms with Crippen LogP contribution in [0.4, 0.5) is 17.2 Å². The second-order valence-electron chi connectivity index (χ2n) is 3.26. The molecule has 18 heavy (non-hydrogen) atoms. The Bertz CT molecular complexity index is 591. The molecule has 1 aromatic heterocycles. The summed E-state index contributed by atoms with van der Waals surface area (Å²) in [4.78, 5) is 17.7. The summed E-state index contributed by atoms with van der Waals surface area (Å²) < 4.78 is 1.06. The first-order valence-electron chi connectivity index (χ1n) is 4.76. The third-order valence-electron chi connectivity index (χ3n) is 2.04. The predicted molar refractivity (Wildman–Crippen MR) is 76.1 cm³/mol. The second kappa shape index (κ2) is 5.44. The molecule has 1 heterocycles. The molecule has 0 spiro atoms. The molecular formula is C10H6ClIN4O2. The average Bonchev–Trinajstić information content (AvgIpc) is 2.32. The van der Waals surface area contributed by atoms with Crippen LogP contribution in [0.5, 0.6) is 0 Å². The highest BCUT2D eigenvalue weighted by molar-refractivity contribution is 14.1. The Hall–Kier alpha value is -1.48. The molecule has 0 fully saturated rings. The van der Waals surface area contributed by atoms with Crippen molar-refractivity contribution in [2.24, 2.45) is 0 Å². The number of rotatable bonds is 3. The van der Waals surface area contributed by atoms with E-state index in [0.717, 1.165) is 9.77 Å². The minimum atomic E-state index is -0.564. The van der Waals surface area contributed by atoms with Crippen molar-refractivity contribution in [2.75, 3.05) is 5.32 Å². The van der Waals surface area contributed by atoms with Gasteiger partial charge in [0.25, 0.3) is 0 Å². The number of benzene rings is 1. The molecule has 0 bridgehead atoms. The van der Waals surface area contributed by atoms with E-state index >= 15 is 0 Å². The zero-order valence-corrected chi connectivity index (χ0v) is 11.7. The maximum Gasteiger partial charge on any atom is 0.329 e. The van der Waals surface area contributed by atoms with E-state index in [2.05, 4.69) is 37.9 Å². The summed E-state index contributed by atoms with van der Waals surface area (Å²) >= 11 is 7.79. The van der Waals surface area contributed by atoms with Gasteiger partial charge in [-0.2, -0.15) is 4.98 Å². The molecule has 8 heteroatoms. The van der Waals surface area contributed by atoms with Gasteiger partial charge in [0.2, 0.25) is 11.1 Å². The third-order valence-corrected chi connectivity index (χ3v) is 2.94. The molecule has 6 nitrogen and oxygen atoms in total. The fraction of sp³-hybridized carbons (Fsp3) is 0. The largest absolute Gasteiger partial charge is 0.334 e. The topological polar surface area (TPSA) is 81.0 Å². The van der Waals surface area contributed by atoms with Gasteiger partial charge < -0.3 is 5.32 Å². The van der Waals surface area contributed by atoms with Crippen LogP contribution in [0.25, 0.3) is 0 Å². The lowest BCUT2D eigenvalue weighted by Gasteiger charge is -2.05. The molecule has 0 unspecified atom stereocenters. The lowest BCUT2D eigenvalue weighted by atomic mass is 10.3. The smallest absolute Gasteiger partial charge is 0.329 e. The summed E-state index contributed by atoms with van der Waals surface area (Å²) in [7, 11) is 0. The van der Waals surface area contributed by atoms with E-state index in [1.807, 2.05) is 12.1 Å². The maximum absolute atomic E-state index is 10.8. The molecule has 2 rings (SSSR count). The van der Waals surface area contributed by atoms with Crippen LogP contribution in [-0.2, 0) is 0 Å². The standard InChI is InChI=1S/C10H6ClIN4O2/c11-10-13-5-8(16(17)18)9(15-10)14-7-3-1-6(12)2-4-7/h1-5H,(H,13,14,15). The molecule has 1 N–H and O–H groups in total. The van der Waals surface area contributed by atoms with Crippen molar-refractivity contribution in [3.05, 3.63) is 49.4 Å². The van der Waals surface area contributed by atoms with Crippen LogP contribution >= 0.6 is 34.2 Å². The third kappa shape index (κ3) is 3.05. The van der Waals surface area contributed by atoms with Gasteiger partial charge in [-0.3, -0.25) is 10.1 Å². The molecule has 2 aromatic rings. The normalized spacial score (nSPS) is 10.1. The summed E-state index contributed by atoms with van der Waals surface area (Å²) in [5.74, 6) is 0.0706. The predicted octanol–water partition coefficient (Wildman–Crippen LogP) is 3.39. The molecule has 92 valence electrons. The Morgan fingerprint density at radius 1 is 1.33 bits per heavy atom. The van der Waals surface area contributed by atoms with E-state index in [0.29, 0.717) is 5.69 Å². The number of nitro groups is 1. The molecule has 0 saturated carbocycles. The van der Waals surface area contributed by atoms with E-state index in [1.54, 1.807) is 12.1 Å². The van der Waals surface area contributed by atoms with Gasteiger partial charge in [0.1, 0.15) is 6.20 Å². The molecule has 0 aliphatic heterocycles. The van der Waals surface area contributed by atoms with Crippen LogP contribution in [0, 0.1) is 13.7 Å². The minimum Gasteiger partial charge on any atom is -0.334 e. The zero-order chi connectivity index (χ0) is 13.1. The highest BCUT2D eigenvalue weighted by atomic mass is 127. The van der Waals surface area contributed by atoms with Gasteiger partial charge in [-0.15, -0.1) is 0 Å². The van der Waals surface area contributed by atoms with Gasteiger partial charge in [0.05, 0.1) is 4.92 Å². The van der Waals surface area contributed by atoms with Gasteiger partial charge in [-0.25, -0.2) is 4.98 Å². The van der Waals surface area contributed by atoms with E-state index in [9.17, 15) is 10.1 Å². The first kappa shape index (κ1) is 13.0. The number of anilines is 2. The van der Waals surface area contributed by atoms with Gasteiger partial charge in [-0.1, -0.05) is 0 Å². The van der Waals surface area contributed by atoms with Crippen LogP contribution in [0.3, 0.4) is 0 Å². The van der Waals surface area contributed by atoms with Crippen molar-refractivity contribution >= 4 is 51.4 Å². The summed E-state index contributed by atoms with van der Waals surface area (Å²) in [6.45, 7) is 0. The van der Waals surface area contributed by atoms with Crippen LogP contribution < -0.4 is 5.32 Å². The van der Waals surface area contributed by atoms with Gasteiger partial charge in [0, 0.05) is 9.26 Å². The quantitative estimate of drug-likeness (QED) is 0.384. The summed E-state index contributed by atoms with van der Waals surface area (Å²) in [6.07, 6.45) is 1.07. The van der Waals surface area contributed by atoms with Crippen molar-refractivity contribution < 1.29 is 4.92 Å². The number of aromatic nitrogens is 2. The van der Waals surface area contributed by atoms with Crippen molar-refractivity contribution in [1.82, 2.24) is 9.97 Å². The highest BCUT2D eigenvalue weighted by Crippen LogP contribution is 2.25. The number of nitrogens with zero attached hydrogens (tertiary/aromatic N) is 3. The maximum atomic E-state index is 10.8. The Morgan fingerprint density at radius 2 is 2.00 bits per heavy atom. The fourth-order valence-electron chi connectivity index (χ4n) is 1.25. The second-order valence-corrected chi connectivity index (χ2v) is 4.85. The fourth-order valence-corrected chi connectivity index (χ4v) is 1.74. The van der Waals surface area contributed by atoms with Crippen LogP contribution in [0.2, 0.25) is 5.28 Å². The van der Waals surface area contributed by atoms with E-state index in [-0.39, 0.29) is 16.8 Å². The zero-order valence-electron chi connectivity index (χ0n) is 8.80. The van der Waals surface area contributed by atoms with Crippen LogP contribution in [0.15, 0.2) is 30.5 Å². The molecule has 0 atom stereocenters. The van der Waals surface area contributed by atoms with Gasteiger partial charge >= 0.3 is 5.69 Å². The van der Waals surface area contributed by atoms with E-state index in [1.165, 1.54) is 0 Å². The molecule has 1 aromatic carbocycles. The van der Waals surface area contributed by atoms with Crippen molar-refractivity contribution in [1.29, 1.82) is 0 Å². The monoisotopic (exact) mass is 376 g/mol. The molecule has 0 aliphatic carbocycles. The number of nitrogens with one attached hydrogen (secondary N) is 1. The summed E-state index contributed by atoms with van der Waals surface area (Å²) in [5, 5.41) is 13.6. The SMILES string of the molecule is O=[N+]([O-])c1cnc(Cl)nc1Nc1ccc(I)cc1. The first-order valence-corrected chi connectivity index (χ1v) is 6.21. The summed E-state index contributed by atoms with van der Waals surface area (Å²) in [5.41, 5.74) is 0.464. The Balaban J connectivity index is 2.35. The van der Waals surface area contributed by atoms with Gasteiger partial charge in [-0.05, 0) is 58.5 Å². The highest BCUT2D eigenvalue weighted by Gasteiger charge is 2.16.